The van der Waals surface area contributed by atoms with Gasteiger partial charge < -0.3 is 10.4 Å². The Kier molecular flexibility index (Phi) is 3.51. The Labute approximate surface area is 126 Å². The van der Waals surface area contributed by atoms with E-state index in [4.69, 9.17) is 5.11 Å². The third-order valence-electron chi connectivity index (χ3n) is 3.77. The predicted octanol–water partition coefficient (Wildman–Crippen LogP) is 2.97. The number of hydrogen-bond donors (Lipinski definition) is 2. The van der Waals surface area contributed by atoms with Crippen molar-refractivity contribution in [2.75, 3.05) is 0 Å². The molecule has 2 aromatic rings. The molecule has 1 aliphatic carbocycles. The fourth-order valence-electron chi connectivity index (χ4n) is 2.61. The molecule has 1 aromatic carbocycles. The van der Waals surface area contributed by atoms with Crippen LogP contribution in [0.15, 0.2) is 36.4 Å². The van der Waals surface area contributed by atoms with Gasteiger partial charge in [0.15, 0.2) is 0 Å². The number of aryl methyl sites for hydroxylation is 1. The number of carboxylic acids is 1. The van der Waals surface area contributed by atoms with E-state index in [0.29, 0.717) is 11.3 Å². The molecule has 0 fully saturated rings. The second-order valence-electron chi connectivity index (χ2n) is 5.20. The van der Waals surface area contributed by atoms with E-state index < -0.39 is 11.9 Å². The molecule has 0 saturated carbocycles. The van der Waals surface area contributed by atoms with Crippen LogP contribution in [0.1, 0.15) is 21.7 Å². The molecule has 2 atom stereocenters. The lowest BCUT2D eigenvalue weighted by molar-refractivity contribution is -0.140. The summed E-state index contributed by atoms with van der Waals surface area (Å²) in [6, 6.07) is 7.72. The van der Waals surface area contributed by atoms with E-state index >= 15 is 0 Å². The average Bonchev–Trinajstić information content (AvgIpc) is 3.05. The number of nitrogens with one attached hydrogen (secondary N) is 1. The van der Waals surface area contributed by atoms with Crippen LogP contribution < -0.4 is 5.32 Å². The third kappa shape index (κ3) is 2.56. The van der Waals surface area contributed by atoms with E-state index in [1.54, 1.807) is 12.2 Å². The van der Waals surface area contributed by atoms with Gasteiger partial charge in [-0.3, -0.25) is 9.59 Å². The first-order valence-corrected chi connectivity index (χ1v) is 7.58. The first-order valence-electron chi connectivity index (χ1n) is 6.76. The summed E-state index contributed by atoms with van der Waals surface area (Å²) in [6.07, 6.45) is 3.83. The van der Waals surface area contributed by atoms with Gasteiger partial charge in [0.1, 0.15) is 0 Å². The van der Waals surface area contributed by atoms with Crippen LogP contribution >= 0.6 is 11.3 Å². The number of thiophene rings is 1. The van der Waals surface area contributed by atoms with Gasteiger partial charge >= 0.3 is 5.97 Å². The number of carbonyl (C=O) groups excluding carboxylic acids is 1. The van der Waals surface area contributed by atoms with Crippen LogP contribution in [-0.4, -0.2) is 23.0 Å². The minimum atomic E-state index is -0.846. The molecule has 108 valence electrons. The topological polar surface area (TPSA) is 66.4 Å². The molecule has 0 aliphatic heterocycles. The number of benzene rings is 1. The zero-order chi connectivity index (χ0) is 15.0. The zero-order valence-corrected chi connectivity index (χ0v) is 12.3. The number of rotatable bonds is 3. The maximum atomic E-state index is 12.4. The van der Waals surface area contributed by atoms with Crippen LogP contribution in [0.3, 0.4) is 0 Å². The first-order chi connectivity index (χ1) is 10.1. The first kappa shape index (κ1) is 13.8. The van der Waals surface area contributed by atoms with Gasteiger partial charge in [-0.25, -0.2) is 0 Å². The Morgan fingerprint density at radius 3 is 2.71 bits per heavy atom. The minimum absolute atomic E-state index is 0.130. The zero-order valence-electron chi connectivity index (χ0n) is 11.5. The molecule has 0 spiro atoms. The van der Waals surface area contributed by atoms with Gasteiger partial charge in [-0.1, -0.05) is 30.4 Å². The van der Waals surface area contributed by atoms with Gasteiger partial charge in [0, 0.05) is 10.7 Å². The Morgan fingerprint density at radius 1 is 1.29 bits per heavy atom. The van der Waals surface area contributed by atoms with Crippen LogP contribution in [0.5, 0.6) is 0 Å². The number of amides is 1. The van der Waals surface area contributed by atoms with Crippen molar-refractivity contribution in [2.24, 2.45) is 5.92 Å². The molecule has 1 amide bonds. The summed E-state index contributed by atoms with van der Waals surface area (Å²) < 4.78 is 1.09. The molecule has 21 heavy (non-hydrogen) atoms. The largest absolute Gasteiger partial charge is 0.481 e. The number of carboxylic acid groups (broad SMARTS) is 1. The van der Waals surface area contributed by atoms with Gasteiger partial charge in [0.25, 0.3) is 5.91 Å². The predicted molar refractivity (Wildman–Crippen MR) is 82.7 cm³/mol. The van der Waals surface area contributed by atoms with Crippen molar-refractivity contribution in [3.05, 3.63) is 46.9 Å². The van der Waals surface area contributed by atoms with Gasteiger partial charge in [-0.2, -0.15) is 0 Å². The number of hydrogen-bond acceptors (Lipinski definition) is 3. The van der Waals surface area contributed by atoms with Crippen LogP contribution in [-0.2, 0) is 4.79 Å². The average molecular weight is 301 g/mol. The van der Waals surface area contributed by atoms with Gasteiger partial charge in [0.2, 0.25) is 0 Å². The van der Waals surface area contributed by atoms with E-state index in [9.17, 15) is 9.59 Å². The van der Waals surface area contributed by atoms with E-state index in [2.05, 4.69) is 5.32 Å². The molecular formula is C16H15NO3S. The van der Waals surface area contributed by atoms with Crippen molar-refractivity contribution in [1.82, 2.24) is 5.32 Å². The van der Waals surface area contributed by atoms with Crippen molar-refractivity contribution >= 4 is 33.3 Å². The standard InChI is InChI=1S/C16H15NO3S/c1-9-12-4-2-3-5-13(12)21-14(9)15(18)17-11-7-6-10(8-11)16(19)20/h2-7,10-11H,8H2,1H3,(H,17,18)(H,19,20). The summed E-state index contributed by atoms with van der Waals surface area (Å²) in [6.45, 7) is 1.94. The highest BCUT2D eigenvalue weighted by atomic mass is 32.1. The normalized spacial score (nSPS) is 20.8. The monoisotopic (exact) mass is 301 g/mol. The van der Waals surface area contributed by atoms with Crippen molar-refractivity contribution < 1.29 is 14.7 Å². The molecule has 0 bridgehead atoms. The Balaban J connectivity index is 1.78. The van der Waals surface area contributed by atoms with Crippen molar-refractivity contribution in [3.8, 4) is 0 Å². The highest BCUT2D eigenvalue weighted by molar-refractivity contribution is 7.21. The van der Waals surface area contributed by atoms with E-state index in [-0.39, 0.29) is 11.9 Å². The molecule has 0 saturated heterocycles. The van der Waals surface area contributed by atoms with Gasteiger partial charge in [-0.15, -0.1) is 11.3 Å². The number of carbonyl (C=O) groups is 2. The fraction of sp³-hybridized carbons (Fsp3) is 0.250. The van der Waals surface area contributed by atoms with Crippen molar-refractivity contribution in [1.29, 1.82) is 0 Å². The third-order valence-corrected chi connectivity index (χ3v) is 5.04. The van der Waals surface area contributed by atoms with Gasteiger partial charge in [-0.05, 0) is 30.4 Å². The smallest absolute Gasteiger partial charge is 0.310 e. The number of aliphatic carboxylic acids is 1. The Bertz CT molecular complexity index is 747. The number of fused-ring (bicyclic) bond motifs is 1. The maximum absolute atomic E-state index is 12.4. The summed E-state index contributed by atoms with van der Waals surface area (Å²) in [5.41, 5.74) is 0.977. The van der Waals surface area contributed by atoms with Crippen molar-refractivity contribution in [2.45, 2.75) is 19.4 Å². The van der Waals surface area contributed by atoms with E-state index in [0.717, 1.165) is 15.6 Å². The summed E-state index contributed by atoms with van der Waals surface area (Å²) in [5, 5.41) is 13.0. The van der Waals surface area contributed by atoms with E-state index in [1.165, 1.54) is 11.3 Å². The summed E-state index contributed by atoms with van der Waals surface area (Å²) in [5.74, 6) is -1.48. The van der Waals surface area contributed by atoms with Crippen LogP contribution in [0, 0.1) is 12.8 Å². The molecule has 1 aromatic heterocycles. The molecular weight excluding hydrogens is 286 g/mol. The molecule has 2 unspecified atom stereocenters. The lowest BCUT2D eigenvalue weighted by atomic mass is 10.1. The second-order valence-corrected chi connectivity index (χ2v) is 6.25. The quantitative estimate of drug-likeness (QED) is 0.857. The summed E-state index contributed by atoms with van der Waals surface area (Å²) >= 11 is 1.47. The molecule has 5 heteroatoms. The highest BCUT2D eigenvalue weighted by Gasteiger charge is 2.26. The summed E-state index contributed by atoms with van der Waals surface area (Å²) in [7, 11) is 0. The molecule has 3 rings (SSSR count). The SMILES string of the molecule is Cc1c(C(=O)NC2C=CC(C(=O)O)C2)sc2ccccc12. The van der Waals surface area contributed by atoms with Crippen LogP contribution in [0.2, 0.25) is 0 Å². The lowest BCUT2D eigenvalue weighted by Gasteiger charge is -2.11. The molecule has 1 heterocycles. The summed E-state index contributed by atoms with van der Waals surface area (Å²) in [4.78, 5) is 24.0. The Morgan fingerprint density at radius 2 is 2.05 bits per heavy atom. The molecule has 4 nitrogen and oxygen atoms in total. The van der Waals surface area contributed by atoms with Crippen LogP contribution in [0.25, 0.3) is 10.1 Å². The molecule has 2 N–H and O–H groups in total. The second kappa shape index (κ2) is 5.33. The molecule has 0 radical (unpaired) electrons. The van der Waals surface area contributed by atoms with Crippen LogP contribution in [0.4, 0.5) is 0 Å². The lowest BCUT2D eigenvalue weighted by Crippen LogP contribution is -2.33. The fourth-order valence-corrected chi connectivity index (χ4v) is 3.73. The van der Waals surface area contributed by atoms with Crippen molar-refractivity contribution in [3.63, 3.8) is 0 Å². The minimum Gasteiger partial charge on any atom is -0.481 e. The molecule has 1 aliphatic rings. The highest BCUT2D eigenvalue weighted by Crippen LogP contribution is 2.30. The maximum Gasteiger partial charge on any atom is 0.310 e. The Hall–Kier alpha value is -2.14. The van der Waals surface area contributed by atoms with E-state index in [1.807, 2.05) is 31.2 Å². The van der Waals surface area contributed by atoms with Gasteiger partial charge in [0.05, 0.1) is 10.8 Å².